The first-order valence-corrected chi connectivity index (χ1v) is 7.65. The molecule has 2 aliphatic rings. The lowest BCUT2D eigenvalue weighted by atomic mass is 9.92. The van der Waals surface area contributed by atoms with Crippen LogP contribution >= 0.6 is 0 Å². The lowest BCUT2D eigenvalue weighted by molar-refractivity contribution is -0.130. The van der Waals surface area contributed by atoms with E-state index >= 15 is 0 Å². The van der Waals surface area contributed by atoms with Crippen molar-refractivity contribution in [2.45, 2.75) is 32.1 Å². The Labute approximate surface area is 117 Å². The van der Waals surface area contributed by atoms with E-state index in [0.29, 0.717) is 5.92 Å². The predicted octanol–water partition coefficient (Wildman–Crippen LogP) is 1.60. The van der Waals surface area contributed by atoms with E-state index in [0.717, 1.165) is 38.6 Å². The molecule has 4 heteroatoms. The highest BCUT2D eigenvalue weighted by molar-refractivity contribution is 5.75. The van der Waals surface area contributed by atoms with E-state index in [-0.39, 0.29) is 5.91 Å². The van der Waals surface area contributed by atoms with Gasteiger partial charge in [-0.25, -0.2) is 0 Å². The zero-order valence-corrected chi connectivity index (χ0v) is 12.4. The zero-order chi connectivity index (χ0) is 13.7. The normalized spacial score (nSPS) is 26.3. The lowest BCUT2D eigenvalue weighted by Gasteiger charge is -2.35. The van der Waals surface area contributed by atoms with Gasteiger partial charge in [0.15, 0.2) is 0 Å². The van der Waals surface area contributed by atoms with Crippen LogP contribution in [0.15, 0.2) is 0 Å². The van der Waals surface area contributed by atoms with Crippen molar-refractivity contribution >= 4 is 5.91 Å². The van der Waals surface area contributed by atoms with E-state index in [1.165, 1.54) is 32.2 Å². The van der Waals surface area contributed by atoms with Crippen LogP contribution in [0.5, 0.6) is 0 Å². The second kappa shape index (κ2) is 7.25. The summed E-state index contributed by atoms with van der Waals surface area (Å²) in [7, 11) is 3.70. The summed E-state index contributed by atoms with van der Waals surface area (Å²) in [6, 6.07) is 0. The van der Waals surface area contributed by atoms with Crippen molar-refractivity contribution < 1.29 is 9.53 Å². The second-order valence-electron chi connectivity index (χ2n) is 6.32. The van der Waals surface area contributed by atoms with Gasteiger partial charge in [-0.3, -0.25) is 4.79 Å². The monoisotopic (exact) mass is 268 g/mol. The minimum Gasteiger partial charge on any atom is -0.381 e. The summed E-state index contributed by atoms with van der Waals surface area (Å²) in [5.74, 6) is 1.60. The fourth-order valence-electron chi connectivity index (χ4n) is 3.12. The van der Waals surface area contributed by atoms with Crippen LogP contribution in [0, 0.1) is 11.8 Å². The molecule has 2 rings (SSSR count). The van der Waals surface area contributed by atoms with Gasteiger partial charge in [0.05, 0.1) is 6.61 Å². The quantitative estimate of drug-likeness (QED) is 0.776. The zero-order valence-electron chi connectivity index (χ0n) is 12.4. The SMILES string of the molecule is CN(C)C(=O)CC1CCN(CC2CCCOC2)CC1. The van der Waals surface area contributed by atoms with Crippen molar-refractivity contribution in [3.8, 4) is 0 Å². The molecule has 19 heavy (non-hydrogen) atoms. The molecular weight excluding hydrogens is 240 g/mol. The van der Waals surface area contributed by atoms with Crippen LogP contribution in [0.1, 0.15) is 32.1 Å². The van der Waals surface area contributed by atoms with E-state index in [1.807, 2.05) is 14.1 Å². The fourth-order valence-corrected chi connectivity index (χ4v) is 3.12. The molecule has 2 fully saturated rings. The molecule has 0 aliphatic carbocycles. The van der Waals surface area contributed by atoms with Crippen molar-refractivity contribution in [3.05, 3.63) is 0 Å². The Balaban J connectivity index is 1.65. The molecule has 0 radical (unpaired) electrons. The number of rotatable bonds is 4. The summed E-state index contributed by atoms with van der Waals surface area (Å²) in [5.41, 5.74) is 0. The van der Waals surface area contributed by atoms with Gasteiger partial charge >= 0.3 is 0 Å². The molecule has 0 aromatic heterocycles. The molecule has 0 N–H and O–H groups in total. The molecule has 2 heterocycles. The molecule has 4 nitrogen and oxygen atoms in total. The molecule has 1 amide bonds. The maximum atomic E-state index is 11.7. The summed E-state index contributed by atoms with van der Waals surface area (Å²) in [4.78, 5) is 16.0. The number of amides is 1. The minimum atomic E-state index is 0.277. The van der Waals surface area contributed by atoms with E-state index in [2.05, 4.69) is 4.90 Å². The summed E-state index contributed by atoms with van der Waals surface area (Å²) in [6.07, 6.45) is 5.62. The first kappa shape index (κ1) is 14.8. The molecule has 0 spiro atoms. The van der Waals surface area contributed by atoms with Gasteiger partial charge < -0.3 is 14.5 Å². The summed E-state index contributed by atoms with van der Waals surface area (Å²) < 4.78 is 5.55. The average molecular weight is 268 g/mol. The van der Waals surface area contributed by atoms with Gasteiger partial charge in [0.1, 0.15) is 0 Å². The topological polar surface area (TPSA) is 32.8 Å². The predicted molar refractivity (Wildman–Crippen MR) is 76.0 cm³/mol. The van der Waals surface area contributed by atoms with Crippen LogP contribution in [-0.4, -0.2) is 62.7 Å². The average Bonchev–Trinajstić information content (AvgIpc) is 2.42. The highest BCUT2D eigenvalue weighted by atomic mass is 16.5. The molecule has 0 aromatic carbocycles. The number of ether oxygens (including phenoxy) is 1. The number of likely N-dealkylation sites (tertiary alicyclic amines) is 1. The van der Waals surface area contributed by atoms with Crippen molar-refractivity contribution in [2.75, 3.05) is 46.9 Å². The third-order valence-corrected chi connectivity index (χ3v) is 4.44. The summed E-state index contributed by atoms with van der Waals surface area (Å²) >= 11 is 0. The van der Waals surface area contributed by atoms with Crippen LogP contribution in [0.3, 0.4) is 0 Å². The molecule has 1 unspecified atom stereocenters. The highest BCUT2D eigenvalue weighted by Crippen LogP contribution is 2.23. The van der Waals surface area contributed by atoms with Gasteiger partial charge in [-0.05, 0) is 50.6 Å². The lowest BCUT2D eigenvalue weighted by Crippen LogP contribution is -2.40. The van der Waals surface area contributed by atoms with Gasteiger partial charge in [-0.15, -0.1) is 0 Å². The Kier molecular flexibility index (Phi) is 5.64. The molecule has 110 valence electrons. The number of carbonyl (C=O) groups excluding carboxylic acids is 1. The smallest absolute Gasteiger partial charge is 0.222 e. The van der Waals surface area contributed by atoms with Crippen LogP contribution in [-0.2, 0) is 9.53 Å². The van der Waals surface area contributed by atoms with Gasteiger partial charge in [0.25, 0.3) is 0 Å². The van der Waals surface area contributed by atoms with Crippen LogP contribution in [0.4, 0.5) is 0 Å². The number of hydrogen-bond acceptors (Lipinski definition) is 3. The largest absolute Gasteiger partial charge is 0.381 e. The van der Waals surface area contributed by atoms with E-state index in [1.54, 1.807) is 4.90 Å². The summed E-state index contributed by atoms with van der Waals surface area (Å²) in [5, 5.41) is 0. The molecular formula is C15H28N2O2. The van der Waals surface area contributed by atoms with E-state index in [4.69, 9.17) is 4.74 Å². The second-order valence-corrected chi connectivity index (χ2v) is 6.32. The number of nitrogens with zero attached hydrogens (tertiary/aromatic N) is 2. The Morgan fingerprint density at radius 2 is 1.95 bits per heavy atom. The third kappa shape index (κ3) is 4.77. The Hall–Kier alpha value is -0.610. The standard InChI is InChI=1S/C15H28N2O2/c1-16(2)15(18)10-13-5-7-17(8-6-13)11-14-4-3-9-19-12-14/h13-14H,3-12H2,1-2H3. The van der Waals surface area contributed by atoms with Crippen LogP contribution in [0.2, 0.25) is 0 Å². The van der Waals surface area contributed by atoms with Crippen molar-refractivity contribution in [1.29, 1.82) is 0 Å². The van der Waals surface area contributed by atoms with Gasteiger partial charge in [-0.2, -0.15) is 0 Å². The van der Waals surface area contributed by atoms with Gasteiger partial charge in [0.2, 0.25) is 5.91 Å². The van der Waals surface area contributed by atoms with Crippen molar-refractivity contribution in [1.82, 2.24) is 9.80 Å². The van der Waals surface area contributed by atoms with Crippen molar-refractivity contribution in [2.24, 2.45) is 11.8 Å². The summed E-state index contributed by atoms with van der Waals surface area (Å²) in [6.45, 7) is 5.39. The molecule has 0 bridgehead atoms. The van der Waals surface area contributed by atoms with E-state index < -0.39 is 0 Å². The third-order valence-electron chi connectivity index (χ3n) is 4.44. The Morgan fingerprint density at radius 3 is 2.53 bits per heavy atom. The van der Waals surface area contributed by atoms with E-state index in [9.17, 15) is 4.79 Å². The minimum absolute atomic E-state index is 0.277. The maximum Gasteiger partial charge on any atom is 0.222 e. The molecule has 1 atom stereocenters. The number of carbonyl (C=O) groups is 1. The highest BCUT2D eigenvalue weighted by Gasteiger charge is 2.24. The molecule has 2 saturated heterocycles. The Bertz CT molecular complexity index is 280. The number of piperidine rings is 1. The van der Waals surface area contributed by atoms with Crippen LogP contribution < -0.4 is 0 Å². The van der Waals surface area contributed by atoms with Gasteiger partial charge in [0, 0.05) is 33.7 Å². The van der Waals surface area contributed by atoms with Crippen molar-refractivity contribution in [3.63, 3.8) is 0 Å². The molecule has 0 aromatic rings. The van der Waals surface area contributed by atoms with Gasteiger partial charge in [-0.1, -0.05) is 0 Å². The molecule has 2 aliphatic heterocycles. The fraction of sp³-hybridized carbons (Fsp3) is 0.933. The molecule has 0 saturated carbocycles. The first-order chi connectivity index (χ1) is 9.15. The number of hydrogen-bond donors (Lipinski definition) is 0. The van der Waals surface area contributed by atoms with Crippen LogP contribution in [0.25, 0.3) is 0 Å². The Morgan fingerprint density at radius 1 is 1.21 bits per heavy atom. The first-order valence-electron chi connectivity index (χ1n) is 7.65. The maximum absolute atomic E-state index is 11.7.